The second-order valence-corrected chi connectivity index (χ2v) is 7.24. The van der Waals surface area contributed by atoms with Crippen molar-refractivity contribution in [3.63, 3.8) is 0 Å². The Hall–Kier alpha value is -2.80. The average Bonchev–Trinajstić information content (AvgIpc) is 2.70. The summed E-state index contributed by atoms with van der Waals surface area (Å²) in [6, 6.07) is 6.99. The first-order chi connectivity index (χ1) is 13.5. The van der Waals surface area contributed by atoms with Gasteiger partial charge in [0, 0.05) is 23.6 Å². The number of nitrogens with one attached hydrogen (secondary N) is 2. The van der Waals surface area contributed by atoms with Crippen LogP contribution in [0.1, 0.15) is 36.2 Å². The third kappa shape index (κ3) is 5.36. The Kier molecular flexibility index (Phi) is 6.71. The fraction of sp³-hybridized carbons (Fsp3) is 0.429. The molecule has 148 valence electrons. The zero-order valence-electron chi connectivity index (χ0n) is 16.6. The van der Waals surface area contributed by atoms with E-state index in [9.17, 15) is 9.59 Å². The van der Waals surface area contributed by atoms with Gasteiger partial charge in [0.15, 0.2) is 12.3 Å². The van der Waals surface area contributed by atoms with Crippen molar-refractivity contribution in [2.45, 2.75) is 26.7 Å². The number of amides is 1. The van der Waals surface area contributed by atoms with E-state index in [4.69, 9.17) is 0 Å². The summed E-state index contributed by atoms with van der Waals surface area (Å²) in [4.78, 5) is 36.0. The van der Waals surface area contributed by atoms with Crippen molar-refractivity contribution >= 4 is 23.3 Å². The smallest absolute Gasteiger partial charge is 0.279 e. The lowest BCUT2D eigenvalue weighted by Gasteiger charge is -2.31. The van der Waals surface area contributed by atoms with Crippen LogP contribution in [0.4, 0.5) is 11.6 Å². The van der Waals surface area contributed by atoms with Crippen molar-refractivity contribution in [3.8, 4) is 0 Å². The summed E-state index contributed by atoms with van der Waals surface area (Å²) in [5, 5.41) is 2.91. The predicted molar refractivity (Wildman–Crippen MR) is 109 cm³/mol. The Labute approximate surface area is 165 Å². The van der Waals surface area contributed by atoms with Crippen molar-refractivity contribution in [2.75, 3.05) is 42.9 Å². The topological polar surface area (TPSA) is 79.6 Å². The van der Waals surface area contributed by atoms with Crippen LogP contribution in [0.3, 0.4) is 0 Å². The largest absolute Gasteiger partial charge is 0.330 e. The molecule has 1 aliphatic rings. The van der Waals surface area contributed by atoms with Crippen molar-refractivity contribution in [3.05, 3.63) is 47.8 Å². The second kappa shape index (κ2) is 9.41. The summed E-state index contributed by atoms with van der Waals surface area (Å²) >= 11 is 0. The minimum Gasteiger partial charge on any atom is -0.330 e. The van der Waals surface area contributed by atoms with E-state index in [0.29, 0.717) is 17.8 Å². The van der Waals surface area contributed by atoms with Crippen LogP contribution in [0.25, 0.3) is 0 Å². The molecular formula is C21H28N5O2+. The Bertz CT molecular complexity index is 797. The van der Waals surface area contributed by atoms with E-state index in [1.54, 1.807) is 24.3 Å². The molecule has 7 nitrogen and oxygen atoms in total. The number of ketones is 1. The molecule has 0 radical (unpaired) electrons. The number of anilines is 2. The Balaban J connectivity index is 1.45. The van der Waals surface area contributed by atoms with Crippen LogP contribution in [0.5, 0.6) is 0 Å². The Morgan fingerprint density at radius 1 is 1.11 bits per heavy atom. The van der Waals surface area contributed by atoms with Crippen LogP contribution in [0.2, 0.25) is 0 Å². The van der Waals surface area contributed by atoms with Crippen molar-refractivity contribution in [1.29, 1.82) is 0 Å². The summed E-state index contributed by atoms with van der Waals surface area (Å²) in [7, 11) is 0. The third-order valence-electron chi connectivity index (χ3n) is 4.97. The van der Waals surface area contributed by atoms with Gasteiger partial charge in [0.2, 0.25) is 5.95 Å². The number of Topliss-reactive ketones (excluding diaryl/α,β-unsaturated/α-hetero) is 1. The molecule has 0 spiro atoms. The van der Waals surface area contributed by atoms with E-state index in [-0.39, 0.29) is 11.7 Å². The van der Waals surface area contributed by atoms with Crippen LogP contribution in [-0.2, 0) is 11.2 Å². The summed E-state index contributed by atoms with van der Waals surface area (Å²) in [5.41, 5.74) is 2.53. The Morgan fingerprint density at radius 2 is 1.75 bits per heavy atom. The lowest BCUT2D eigenvalue weighted by atomic mass is 10.1. The summed E-state index contributed by atoms with van der Waals surface area (Å²) < 4.78 is 0. The van der Waals surface area contributed by atoms with E-state index >= 15 is 0 Å². The van der Waals surface area contributed by atoms with E-state index in [1.165, 1.54) is 17.4 Å². The lowest BCUT2D eigenvalue weighted by Crippen LogP contribution is -3.15. The van der Waals surface area contributed by atoms with Gasteiger partial charge in [0.05, 0.1) is 26.2 Å². The number of benzene rings is 1. The van der Waals surface area contributed by atoms with E-state index in [1.807, 2.05) is 12.4 Å². The summed E-state index contributed by atoms with van der Waals surface area (Å²) in [6.45, 7) is 7.52. The molecule has 1 fully saturated rings. The molecule has 2 N–H and O–H groups in total. The number of rotatable bonds is 7. The summed E-state index contributed by atoms with van der Waals surface area (Å²) in [5.74, 6) is 0.775. The SMILES string of the molecule is CCCc1cnc(N2CC[NH+](CC(=O)Nc3ccc(C(C)=O)cc3)CC2)nc1. The molecule has 2 aromatic rings. The van der Waals surface area contributed by atoms with Crippen LogP contribution in [0.15, 0.2) is 36.7 Å². The first kappa shape index (κ1) is 19.9. The van der Waals surface area contributed by atoms with Gasteiger partial charge in [-0.25, -0.2) is 9.97 Å². The van der Waals surface area contributed by atoms with Crippen LogP contribution >= 0.6 is 0 Å². The fourth-order valence-electron chi connectivity index (χ4n) is 3.35. The van der Waals surface area contributed by atoms with Crippen molar-refractivity contribution in [1.82, 2.24) is 9.97 Å². The molecular weight excluding hydrogens is 354 g/mol. The number of aryl methyl sites for hydroxylation is 1. The maximum atomic E-state index is 12.3. The van der Waals surface area contributed by atoms with Gasteiger partial charge in [-0.1, -0.05) is 13.3 Å². The maximum Gasteiger partial charge on any atom is 0.279 e. The average molecular weight is 382 g/mol. The van der Waals surface area contributed by atoms with E-state index in [0.717, 1.165) is 45.0 Å². The van der Waals surface area contributed by atoms with Crippen LogP contribution in [0, 0.1) is 0 Å². The molecule has 0 atom stereocenters. The molecule has 2 heterocycles. The number of hydrogen-bond acceptors (Lipinski definition) is 5. The lowest BCUT2D eigenvalue weighted by molar-refractivity contribution is -0.892. The molecule has 1 amide bonds. The molecule has 0 bridgehead atoms. The highest BCUT2D eigenvalue weighted by Gasteiger charge is 2.23. The van der Waals surface area contributed by atoms with E-state index in [2.05, 4.69) is 27.1 Å². The molecule has 7 heteroatoms. The van der Waals surface area contributed by atoms with Crippen LogP contribution < -0.4 is 15.1 Å². The maximum absolute atomic E-state index is 12.3. The minimum absolute atomic E-state index is 0.0146. The highest BCUT2D eigenvalue weighted by molar-refractivity contribution is 5.95. The number of carbonyl (C=O) groups is 2. The highest BCUT2D eigenvalue weighted by atomic mass is 16.2. The molecule has 0 aliphatic carbocycles. The normalized spacial score (nSPS) is 14.7. The molecule has 1 saturated heterocycles. The van der Waals surface area contributed by atoms with Crippen LogP contribution in [-0.4, -0.2) is 54.4 Å². The molecule has 28 heavy (non-hydrogen) atoms. The van der Waals surface area contributed by atoms with Gasteiger partial charge in [-0.3, -0.25) is 9.59 Å². The molecule has 1 aromatic carbocycles. The minimum atomic E-state index is -0.0146. The van der Waals surface area contributed by atoms with Gasteiger partial charge in [-0.15, -0.1) is 0 Å². The number of aromatic nitrogens is 2. The molecule has 0 unspecified atom stereocenters. The first-order valence-electron chi connectivity index (χ1n) is 9.85. The number of piperazine rings is 1. The van der Waals surface area contributed by atoms with Crippen molar-refractivity contribution in [2.24, 2.45) is 0 Å². The zero-order chi connectivity index (χ0) is 19.9. The van der Waals surface area contributed by atoms with Gasteiger partial charge in [-0.2, -0.15) is 0 Å². The summed E-state index contributed by atoms with van der Waals surface area (Å²) in [6.07, 6.45) is 5.92. The Morgan fingerprint density at radius 3 is 2.32 bits per heavy atom. The standard InChI is InChI=1S/C21H27N5O2/c1-3-4-17-13-22-21(23-14-17)26-11-9-25(10-12-26)15-20(28)24-19-7-5-18(6-8-19)16(2)27/h5-8,13-14H,3-4,9-12,15H2,1-2H3,(H,24,28)/p+1. The fourth-order valence-corrected chi connectivity index (χ4v) is 3.35. The number of hydrogen-bond donors (Lipinski definition) is 2. The molecule has 1 aromatic heterocycles. The van der Waals surface area contributed by atoms with Gasteiger partial charge in [0.25, 0.3) is 5.91 Å². The second-order valence-electron chi connectivity index (χ2n) is 7.24. The van der Waals surface area contributed by atoms with Gasteiger partial charge >= 0.3 is 0 Å². The first-order valence-corrected chi connectivity index (χ1v) is 9.85. The van der Waals surface area contributed by atoms with Gasteiger partial charge in [0.1, 0.15) is 0 Å². The molecule has 0 saturated carbocycles. The van der Waals surface area contributed by atoms with Gasteiger partial charge in [-0.05, 0) is 43.2 Å². The number of quaternary nitrogens is 1. The monoisotopic (exact) mass is 382 g/mol. The number of nitrogens with zero attached hydrogens (tertiary/aromatic N) is 3. The predicted octanol–water partition coefficient (Wildman–Crippen LogP) is 0.975. The number of carbonyl (C=O) groups excluding carboxylic acids is 2. The third-order valence-corrected chi connectivity index (χ3v) is 4.97. The highest BCUT2D eigenvalue weighted by Crippen LogP contribution is 2.10. The van der Waals surface area contributed by atoms with Crippen molar-refractivity contribution < 1.29 is 14.5 Å². The quantitative estimate of drug-likeness (QED) is 0.698. The molecule has 3 rings (SSSR count). The van der Waals surface area contributed by atoms with Gasteiger partial charge < -0.3 is 15.1 Å². The van der Waals surface area contributed by atoms with E-state index < -0.39 is 0 Å². The molecule has 1 aliphatic heterocycles. The zero-order valence-corrected chi connectivity index (χ0v) is 16.6.